The second-order valence-corrected chi connectivity index (χ2v) is 6.06. The number of unbranched alkanes of at least 4 members (excludes halogenated alkanes) is 3. The van der Waals surface area contributed by atoms with Gasteiger partial charge in [-0.15, -0.1) is 0 Å². The van der Waals surface area contributed by atoms with Crippen LogP contribution in [-0.2, 0) is 0 Å². The van der Waals surface area contributed by atoms with Crippen LogP contribution in [0, 0.1) is 0 Å². The normalized spacial score (nSPS) is 12.2. The van der Waals surface area contributed by atoms with E-state index in [2.05, 4.69) is 46.4 Å². The van der Waals surface area contributed by atoms with Gasteiger partial charge in [-0.1, -0.05) is 85.7 Å². The smallest absolute Gasteiger partial charge is 0.0389 e. The van der Waals surface area contributed by atoms with E-state index in [1.807, 2.05) is 61.0 Å². The predicted molar refractivity (Wildman–Crippen MR) is 116 cm³/mol. The zero-order valence-electron chi connectivity index (χ0n) is 15.4. The molecule has 2 aromatic rings. The molecule has 0 fully saturated rings. The van der Waals surface area contributed by atoms with Crippen molar-refractivity contribution in [3.05, 3.63) is 83.9 Å². The first-order valence-electron chi connectivity index (χ1n) is 9.38. The molecule has 2 heteroatoms. The average molecular weight is 345 g/mol. The van der Waals surface area contributed by atoms with Crippen LogP contribution in [-0.4, -0.2) is 25.5 Å². The highest BCUT2D eigenvalue weighted by Crippen LogP contribution is 2.02. The van der Waals surface area contributed by atoms with Crippen LogP contribution in [0.5, 0.6) is 0 Å². The molecule has 0 aromatic heterocycles. The van der Waals surface area contributed by atoms with Gasteiger partial charge in [0.05, 0.1) is 0 Å². The van der Waals surface area contributed by atoms with Crippen LogP contribution in [0.2, 0.25) is 0 Å². The van der Waals surface area contributed by atoms with Crippen molar-refractivity contribution in [2.45, 2.75) is 25.7 Å². The summed E-state index contributed by atoms with van der Waals surface area (Å²) in [6.45, 7) is 1.81. The quantitative estimate of drug-likeness (QED) is 0.347. The highest BCUT2D eigenvalue weighted by Gasteiger charge is 1.88. The second-order valence-electron chi connectivity index (χ2n) is 6.06. The number of nitrogens with zero attached hydrogens (tertiary/aromatic N) is 2. The third-order valence-corrected chi connectivity index (χ3v) is 3.88. The number of benzene rings is 2. The summed E-state index contributed by atoms with van der Waals surface area (Å²) >= 11 is 0. The van der Waals surface area contributed by atoms with Crippen LogP contribution in [0.15, 0.2) is 82.8 Å². The summed E-state index contributed by atoms with van der Waals surface area (Å²) in [6, 6.07) is 20.6. The van der Waals surface area contributed by atoms with Gasteiger partial charge in [-0.25, -0.2) is 0 Å². The maximum Gasteiger partial charge on any atom is 0.0389 e. The van der Waals surface area contributed by atoms with Crippen molar-refractivity contribution in [2.75, 3.05) is 13.1 Å². The lowest BCUT2D eigenvalue weighted by atomic mass is 10.2. The Morgan fingerprint density at radius 3 is 1.38 bits per heavy atom. The fourth-order valence-electron chi connectivity index (χ4n) is 2.47. The fourth-order valence-corrected chi connectivity index (χ4v) is 2.47. The maximum atomic E-state index is 4.42. The Bertz CT molecular complexity index is 634. The number of aliphatic imine (C=N–C) groups is 2. The molecule has 0 N–H and O–H groups in total. The average Bonchev–Trinajstić information content (AvgIpc) is 2.70. The van der Waals surface area contributed by atoms with Gasteiger partial charge in [0.1, 0.15) is 0 Å². The number of hydrogen-bond acceptors (Lipinski definition) is 2. The Morgan fingerprint density at radius 2 is 0.962 bits per heavy atom. The maximum absolute atomic E-state index is 4.42. The van der Waals surface area contributed by atoms with Gasteiger partial charge in [0.25, 0.3) is 0 Å². The van der Waals surface area contributed by atoms with Gasteiger partial charge in [0.15, 0.2) is 0 Å². The highest BCUT2D eigenvalue weighted by atomic mass is 14.7. The molecule has 134 valence electrons. The second kappa shape index (κ2) is 13.5. The topological polar surface area (TPSA) is 24.7 Å². The first-order chi connectivity index (χ1) is 12.9. The molecule has 0 radical (unpaired) electrons. The zero-order chi connectivity index (χ0) is 18.1. The Balaban J connectivity index is 1.44. The summed E-state index contributed by atoms with van der Waals surface area (Å²) in [6.07, 6.45) is 16.7. The molecular formula is C24H28N2. The van der Waals surface area contributed by atoms with Crippen molar-refractivity contribution < 1.29 is 0 Å². The van der Waals surface area contributed by atoms with Crippen molar-refractivity contribution in [3.63, 3.8) is 0 Å². The van der Waals surface area contributed by atoms with Gasteiger partial charge in [-0.05, 0) is 36.1 Å². The van der Waals surface area contributed by atoms with E-state index in [1.54, 1.807) is 0 Å². The van der Waals surface area contributed by atoms with E-state index >= 15 is 0 Å². The minimum absolute atomic E-state index is 0.905. The first-order valence-corrected chi connectivity index (χ1v) is 9.38. The standard InChI is InChI=1S/C24H28N2/c1(9-19-25-21-11-17-23-13-5-3-6-14-23)2-10-20-26-22-12-18-24-15-7-4-8-16-24/h3-8,11-18,21-22H,1-2,9-10,19-20H2/b17-11-,18-12-,25-21?,26-22?. The molecule has 0 spiro atoms. The van der Waals surface area contributed by atoms with Crippen LogP contribution in [0.3, 0.4) is 0 Å². The van der Waals surface area contributed by atoms with E-state index in [9.17, 15) is 0 Å². The molecular weight excluding hydrogens is 316 g/mol. The van der Waals surface area contributed by atoms with Gasteiger partial charge in [0.2, 0.25) is 0 Å². The van der Waals surface area contributed by atoms with E-state index in [-0.39, 0.29) is 0 Å². The van der Waals surface area contributed by atoms with Gasteiger partial charge >= 0.3 is 0 Å². The Morgan fingerprint density at radius 1 is 0.538 bits per heavy atom. The summed E-state index contributed by atoms with van der Waals surface area (Å²) in [5.41, 5.74) is 2.41. The predicted octanol–water partition coefficient (Wildman–Crippen LogP) is 6.12. The van der Waals surface area contributed by atoms with Crippen molar-refractivity contribution in [1.29, 1.82) is 0 Å². The van der Waals surface area contributed by atoms with Gasteiger partial charge < -0.3 is 0 Å². The third-order valence-electron chi connectivity index (χ3n) is 3.88. The van der Waals surface area contributed by atoms with Gasteiger partial charge in [-0.2, -0.15) is 0 Å². The van der Waals surface area contributed by atoms with Crippen LogP contribution in [0.25, 0.3) is 12.2 Å². The monoisotopic (exact) mass is 344 g/mol. The molecule has 0 amide bonds. The van der Waals surface area contributed by atoms with Crippen molar-refractivity contribution in [2.24, 2.45) is 9.98 Å². The largest absolute Gasteiger partial charge is 0.293 e. The van der Waals surface area contributed by atoms with Crippen LogP contribution in [0.4, 0.5) is 0 Å². The molecule has 0 atom stereocenters. The van der Waals surface area contributed by atoms with Crippen LogP contribution in [0.1, 0.15) is 36.8 Å². The molecule has 26 heavy (non-hydrogen) atoms. The third kappa shape index (κ3) is 9.53. The molecule has 0 unspecified atom stereocenters. The SMILES string of the molecule is C(/C=C\c1ccccc1)=NCCCCCCN=C/C=C\c1ccccc1. The molecule has 2 aromatic carbocycles. The summed E-state index contributed by atoms with van der Waals surface area (Å²) in [5.74, 6) is 0. The molecule has 0 bridgehead atoms. The summed E-state index contributed by atoms with van der Waals surface area (Å²) in [7, 11) is 0. The minimum Gasteiger partial charge on any atom is -0.293 e. The summed E-state index contributed by atoms with van der Waals surface area (Å²) in [4.78, 5) is 8.85. The lowest BCUT2D eigenvalue weighted by Crippen LogP contribution is -1.86. The van der Waals surface area contributed by atoms with E-state index < -0.39 is 0 Å². The van der Waals surface area contributed by atoms with Gasteiger partial charge in [0, 0.05) is 25.5 Å². The lowest BCUT2D eigenvalue weighted by molar-refractivity contribution is 0.655. The van der Waals surface area contributed by atoms with Crippen molar-refractivity contribution in [3.8, 4) is 0 Å². The summed E-state index contributed by atoms with van der Waals surface area (Å²) < 4.78 is 0. The molecule has 0 saturated heterocycles. The summed E-state index contributed by atoms with van der Waals surface area (Å²) in [5, 5.41) is 0. The van der Waals surface area contributed by atoms with E-state index in [1.165, 1.54) is 24.0 Å². The zero-order valence-corrected chi connectivity index (χ0v) is 15.4. The van der Waals surface area contributed by atoms with Crippen molar-refractivity contribution in [1.82, 2.24) is 0 Å². The van der Waals surface area contributed by atoms with E-state index in [0.717, 1.165) is 25.9 Å². The number of hydrogen-bond donors (Lipinski definition) is 0. The van der Waals surface area contributed by atoms with E-state index in [4.69, 9.17) is 0 Å². The molecule has 2 nitrogen and oxygen atoms in total. The molecule has 0 aliphatic heterocycles. The number of allylic oxidation sites excluding steroid dienone is 2. The van der Waals surface area contributed by atoms with E-state index in [0.29, 0.717) is 0 Å². The Hall–Kier alpha value is -2.74. The van der Waals surface area contributed by atoms with Crippen molar-refractivity contribution >= 4 is 24.6 Å². The molecule has 2 rings (SSSR count). The molecule has 0 aliphatic carbocycles. The van der Waals surface area contributed by atoms with Crippen LogP contribution < -0.4 is 0 Å². The molecule has 0 saturated carbocycles. The number of rotatable bonds is 11. The minimum atomic E-state index is 0.905. The molecule has 0 aliphatic rings. The highest BCUT2D eigenvalue weighted by molar-refractivity contribution is 5.78. The van der Waals surface area contributed by atoms with Gasteiger partial charge in [-0.3, -0.25) is 9.98 Å². The Kier molecular flexibility index (Phi) is 10.2. The lowest BCUT2D eigenvalue weighted by Gasteiger charge is -1.96. The first kappa shape index (κ1) is 19.6. The van der Waals surface area contributed by atoms with Crippen LogP contribution >= 0.6 is 0 Å². The fraction of sp³-hybridized carbons (Fsp3) is 0.250. The Labute approximate surface area is 157 Å². The molecule has 0 heterocycles.